The second-order valence-corrected chi connectivity index (χ2v) is 7.56. The average molecular weight is 434 g/mol. The molecular weight excluding hydrogens is 418 g/mol. The highest BCUT2D eigenvalue weighted by Gasteiger charge is 2.16. The minimum absolute atomic E-state index is 0.0271. The Morgan fingerprint density at radius 2 is 1.75 bits per heavy atom. The smallest absolute Gasteiger partial charge is 0.260 e. The van der Waals surface area contributed by atoms with E-state index in [4.69, 9.17) is 9.72 Å². The first-order chi connectivity index (χ1) is 13.7. The molecule has 0 amide bonds. The molecule has 2 aromatic carbocycles. The van der Waals surface area contributed by atoms with E-state index in [2.05, 4.69) is 15.9 Å². The van der Waals surface area contributed by atoms with Crippen molar-refractivity contribution in [1.82, 2.24) is 14.0 Å². The Hall–Kier alpha value is -3.12. The molecule has 5 nitrogen and oxygen atoms in total. The first kappa shape index (κ1) is 17.0. The zero-order chi connectivity index (χ0) is 19.3. The third kappa shape index (κ3) is 2.60. The van der Waals surface area contributed by atoms with Crippen molar-refractivity contribution in [2.75, 3.05) is 7.11 Å². The van der Waals surface area contributed by atoms with Gasteiger partial charge in [-0.1, -0.05) is 30.3 Å². The molecular formula is C22H16BrN3O2. The monoisotopic (exact) mass is 433 g/mol. The summed E-state index contributed by atoms with van der Waals surface area (Å²) in [6, 6.07) is 19.3. The van der Waals surface area contributed by atoms with Gasteiger partial charge < -0.3 is 4.74 Å². The summed E-state index contributed by atoms with van der Waals surface area (Å²) in [4.78, 5) is 18.2. The number of rotatable bonds is 3. The van der Waals surface area contributed by atoms with Crippen molar-refractivity contribution in [2.45, 2.75) is 6.54 Å². The minimum atomic E-state index is -0.0271. The van der Waals surface area contributed by atoms with Crippen LogP contribution in [0.25, 0.3) is 27.6 Å². The number of nitrogens with zero attached hydrogens (tertiary/aromatic N) is 3. The van der Waals surface area contributed by atoms with Gasteiger partial charge in [0.15, 0.2) is 0 Å². The first-order valence-electron chi connectivity index (χ1n) is 8.87. The van der Waals surface area contributed by atoms with Crippen molar-refractivity contribution in [2.24, 2.45) is 0 Å². The number of halogens is 1. The maximum Gasteiger partial charge on any atom is 0.260 e. The largest absolute Gasteiger partial charge is 0.497 e. The van der Waals surface area contributed by atoms with Crippen molar-refractivity contribution in [3.63, 3.8) is 0 Å². The lowest BCUT2D eigenvalue weighted by atomic mass is 10.1. The quantitative estimate of drug-likeness (QED) is 0.416. The first-order valence-corrected chi connectivity index (χ1v) is 9.67. The van der Waals surface area contributed by atoms with Crippen LogP contribution in [0.2, 0.25) is 0 Å². The average Bonchev–Trinajstić information content (AvgIpc) is 3.10. The minimum Gasteiger partial charge on any atom is -0.497 e. The summed E-state index contributed by atoms with van der Waals surface area (Å²) in [5, 5.41) is 1.54. The van der Waals surface area contributed by atoms with Crippen LogP contribution in [-0.4, -0.2) is 21.1 Å². The SMILES string of the molecule is COc1ccc(Cn2c(=O)c3ccccc3c3nc4ccc(Br)cn4c32)cc1. The summed E-state index contributed by atoms with van der Waals surface area (Å²) < 4.78 is 9.93. The van der Waals surface area contributed by atoms with E-state index in [-0.39, 0.29) is 5.56 Å². The summed E-state index contributed by atoms with van der Waals surface area (Å²) in [5.41, 5.74) is 3.40. The molecule has 0 fully saturated rings. The van der Waals surface area contributed by atoms with E-state index in [1.54, 1.807) is 11.7 Å². The standard InChI is InChI=1S/C22H16BrN3O2/c1-28-16-9-6-14(7-10-16)12-26-21-20(17-4-2-3-5-18(17)22(26)27)24-19-11-8-15(23)13-25(19)21/h2-11,13H,12H2,1H3. The van der Waals surface area contributed by atoms with Crippen LogP contribution in [0.3, 0.4) is 0 Å². The van der Waals surface area contributed by atoms with Crippen molar-refractivity contribution in [3.05, 3.63) is 87.3 Å². The summed E-state index contributed by atoms with van der Waals surface area (Å²) in [7, 11) is 1.64. The highest BCUT2D eigenvalue weighted by molar-refractivity contribution is 9.10. The van der Waals surface area contributed by atoms with Crippen LogP contribution in [0.5, 0.6) is 5.75 Å². The van der Waals surface area contributed by atoms with E-state index in [9.17, 15) is 4.79 Å². The van der Waals surface area contributed by atoms with Gasteiger partial charge in [0.05, 0.1) is 13.7 Å². The second kappa shape index (κ2) is 6.49. The molecule has 5 rings (SSSR count). The third-order valence-corrected chi connectivity index (χ3v) is 5.44. The van der Waals surface area contributed by atoms with Gasteiger partial charge in [0.2, 0.25) is 0 Å². The molecule has 28 heavy (non-hydrogen) atoms. The van der Waals surface area contributed by atoms with Crippen molar-refractivity contribution in [3.8, 4) is 5.75 Å². The fourth-order valence-corrected chi connectivity index (χ4v) is 3.96. The Balaban J connectivity index is 1.86. The van der Waals surface area contributed by atoms with Gasteiger partial charge in [0, 0.05) is 21.4 Å². The van der Waals surface area contributed by atoms with Crippen molar-refractivity contribution >= 4 is 43.5 Å². The van der Waals surface area contributed by atoms with Gasteiger partial charge in [-0.05, 0) is 51.8 Å². The Morgan fingerprint density at radius 3 is 2.50 bits per heavy atom. The molecule has 3 aromatic heterocycles. The fourth-order valence-electron chi connectivity index (χ4n) is 3.62. The highest BCUT2D eigenvalue weighted by Crippen LogP contribution is 2.26. The number of imidazole rings is 1. The molecule has 0 saturated heterocycles. The molecule has 0 spiro atoms. The predicted octanol–water partition coefficient (Wildman–Crippen LogP) is 4.62. The van der Waals surface area contributed by atoms with E-state index in [1.165, 1.54) is 0 Å². The number of ether oxygens (including phenoxy) is 1. The van der Waals surface area contributed by atoms with E-state index in [0.29, 0.717) is 11.9 Å². The molecule has 0 radical (unpaired) electrons. The molecule has 0 saturated carbocycles. The topological polar surface area (TPSA) is 48.5 Å². The molecule has 0 atom stereocenters. The van der Waals surface area contributed by atoms with Gasteiger partial charge in [0.1, 0.15) is 22.6 Å². The van der Waals surface area contributed by atoms with Crippen LogP contribution in [0, 0.1) is 0 Å². The summed E-state index contributed by atoms with van der Waals surface area (Å²) in [5.74, 6) is 0.790. The third-order valence-electron chi connectivity index (χ3n) is 4.97. The molecule has 0 aliphatic rings. The Kier molecular flexibility index (Phi) is 3.94. The van der Waals surface area contributed by atoms with Gasteiger partial charge in [0.25, 0.3) is 5.56 Å². The van der Waals surface area contributed by atoms with Crippen LogP contribution >= 0.6 is 15.9 Å². The lowest BCUT2D eigenvalue weighted by molar-refractivity contribution is 0.414. The lowest BCUT2D eigenvalue weighted by Crippen LogP contribution is -2.22. The normalized spacial score (nSPS) is 11.5. The molecule has 138 valence electrons. The Bertz CT molecular complexity index is 1400. The summed E-state index contributed by atoms with van der Waals surface area (Å²) in [6.07, 6.45) is 1.95. The number of hydrogen-bond acceptors (Lipinski definition) is 3. The molecule has 0 aliphatic carbocycles. The number of fused-ring (bicyclic) bond motifs is 5. The Labute approximate surface area is 168 Å². The second-order valence-electron chi connectivity index (χ2n) is 6.64. The zero-order valence-electron chi connectivity index (χ0n) is 15.1. The molecule has 6 heteroatoms. The van der Waals surface area contributed by atoms with E-state index in [0.717, 1.165) is 38.0 Å². The van der Waals surface area contributed by atoms with Crippen molar-refractivity contribution < 1.29 is 4.74 Å². The fraction of sp³-hybridized carbons (Fsp3) is 0.0909. The summed E-state index contributed by atoms with van der Waals surface area (Å²) in [6.45, 7) is 0.449. The number of pyridine rings is 2. The number of benzene rings is 2. The molecule has 5 aromatic rings. The van der Waals surface area contributed by atoms with E-state index in [1.807, 2.05) is 71.3 Å². The van der Waals surface area contributed by atoms with Gasteiger partial charge in [-0.3, -0.25) is 13.8 Å². The lowest BCUT2D eigenvalue weighted by Gasteiger charge is -2.11. The van der Waals surface area contributed by atoms with Gasteiger partial charge in [-0.25, -0.2) is 4.98 Å². The van der Waals surface area contributed by atoms with Gasteiger partial charge >= 0.3 is 0 Å². The molecule has 0 bridgehead atoms. The van der Waals surface area contributed by atoms with Crippen LogP contribution in [0.15, 0.2) is 76.1 Å². The van der Waals surface area contributed by atoms with Gasteiger partial charge in [-0.2, -0.15) is 0 Å². The number of hydrogen-bond donors (Lipinski definition) is 0. The van der Waals surface area contributed by atoms with Gasteiger partial charge in [-0.15, -0.1) is 0 Å². The number of methoxy groups -OCH3 is 1. The highest BCUT2D eigenvalue weighted by atomic mass is 79.9. The number of aromatic nitrogens is 3. The molecule has 0 aliphatic heterocycles. The molecule has 3 heterocycles. The van der Waals surface area contributed by atoms with E-state index < -0.39 is 0 Å². The van der Waals surface area contributed by atoms with Crippen LogP contribution in [0.1, 0.15) is 5.56 Å². The summed E-state index contributed by atoms with van der Waals surface area (Å²) >= 11 is 3.53. The van der Waals surface area contributed by atoms with Crippen LogP contribution in [0.4, 0.5) is 0 Å². The maximum absolute atomic E-state index is 13.4. The predicted molar refractivity (Wildman–Crippen MR) is 114 cm³/mol. The van der Waals surface area contributed by atoms with Crippen LogP contribution < -0.4 is 10.3 Å². The van der Waals surface area contributed by atoms with Crippen molar-refractivity contribution in [1.29, 1.82) is 0 Å². The van der Waals surface area contributed by atoms with E-state index >= 15 is 0 Å². The maximum atomic E-state index is 13.4. The Morgan fingerprint density at radius 1 is 1.00 bits per heavy atom. The van der Waals surface area contributed by atoms with Crippen LogP contribution in [-0.2, 0) is 6.54 Å². The molecule has 0 N–H and O–H groups in total. The zero-order valence-corrected chi connectivity index (χ0v) is 16.7. The molecule has 0 unspecified atom stereocenters.